The highest BCUT2D eigenvalue weighted by Gasteiger charge is 2.08. The van der Waals surface area contributed by atoms with E-state index in [4.69, 9.17) is 0 Å². The second-order valence-electron chi connectivity index (χ2n) is 3.67. The molecule has 1 N–H and O–H groups in total. The van der Waals surface area contributed by atoms with Gasteiger partial charge in [0.1, 0.15) is 5.82 Å². The Hall–Kier alpha value is -1.75. The van der Waals surface area contributed by atoms with Crippen LogP contribution in [0.5, 0.6) is 0 Å². The number of pyridine rings is 1. The number of anilines is 1. The van der Waals surface area contributed by atoms with E-state index in [1.54, 1.807) is 24.4 Å². The van der Waals surface area contributed by atoms with Crippen molar-refractivity contribution in [2.75, 3.05) is 5.32 Å². The van der Waals surface area contributed by atoms with E-state index in [1.807, 2.05) is 6.07 Å². The van der Waals surface area contributed by atoms with Gasteiger partial charge in [-0.2, -0.15) is 0 Å². The Kier molecular flexibility index (Phi) is 4.04. The van der Waals surface area contributed by atoms with Gasteiger partial charge in [-0.3, -0.25) is 9.78 Å². The van der Waals surface area contributed by atoms with Gasteiger partial charge in [-0.15, -0.1) is 0 Å². The molecule has 1 amide bonds. The lowest BCUT2D eigenvalue weighted by Gasteiger charge is -2.07. The van der Waals surface area contributed by atoms with Gasteiger partial charge in [0.2, 0.25) is 5.91 Å². The Morgan fingerprint density at radius 3 is 2.89 bits per heavy atom. The SMILES string of the molecule is O=C(Cc1ccccn1)Nc1cc(F)ccc1Br. The summed E-state index contributed by atoms with van der Waals surface area (Å²) in [6.07, 6.45) is 1.78. The van der Waals surface area contributed by atoms with Gasteiger partial charge in [-0.25, -0.2) is 4.39 Å². The number of benzene rings is 1. The van der Waals surface area contributed by atoms with Crippen LogP contribution in [0.2, 0.25) is 0 Å². The average Bonchev–Trinajstić information content (AvgIpc) is 2.35. The maximum absolute atomic E-state index is 13.0. The van der Waals surface area contributed by atoms with Gasteiger partial charge in [0.25, 0.3) is 0 Å². The minimum Gasteiger partial charge on any atom is -0.325 e. The summed E-state index contributed by atoms with van der Waals surface area (Å²) >= 11 is 3.25. The first-order valence-electron chi connectivity index (χ1n) is 5.30. The summed E-state index contributed by atoms with van der Waals surface area (Å²) in [5.41, 5.74) is 1.08. The molecule has 18 heavy (non-hydrogen) atoms. The highest BCUT2D eigenvalue weighted by molar-refractivity contribution is 9.10. The van der Waals surface area contributed by atoms with Crippen molar-refractivity contribution in [1.82, 2.24) is 4.98 Å². The molecule has 0 fully saturated rings. The number of nitrogens with zero attached hydrogens (tertiary/aromatic N) is 1. The molecular weight excluding hydrogens is 299 g/mol. The summed E-state index contributed by atoms with van der Waals surface area (Å²) in [5.74, 6) is -0.633. The van der Waals surface area contributed by atoms with Crippen molar-refractivity contribution in [3.8, 4) is 0 Å². The van der Waals surface area contributed by atoms with E-state index in [-0.39, 0.29) is 12.3 Å². The standard InChI is InChI=1S/C13H10BrFN2O/c14-11-5-4-9(15)7-12(11)17-13(18)8-10-3-1-2-6-16-10/h1-7H,8H2,(H,17,18). The molecule has 2 aromatic rings. The number of carbonyl (C=O) groups is 1. The van der Waals surface area contributed by atoms with Crippen LogP contribution in [0.1, 0.15) is 5.69 Å². The van der Waals surface area contributed by atoms with Gasteiger partial charge in [-0.05, 0) is 46.3 Å². The first kappa shape index (κ1) is 12.7. The third kappa shape index (κ3) is 3.37. The highest BCUT2D eigenvalue weighted by atomic mass is 79.9. The van der Waals surface area contributed by atoms with Gasteiger partial charge in [0, 0.05) is 16.4 Å². The number of hydrogen-bond donors (Lipinski definition) is 1. The van der Waals surface area contributed by atoms with Crippen LogP contribution in [-0.4, -0.2) is 10.9 Å². The molecule has 0 saturated carbocycles. The predicted molar refractivity (Wildman–Crippen MR) is 70.7 cm³/mol. The van der Waals surface area contributed by atoms with Crippen molar-refractivity contribution in [2.45, 2.75) is 6.42 Å². The van der Waals surface area contributed by atoms with Crippen molar-refractivity contribution in [1.29, 1.82) is 0 Å². The molecule has 0 aliphatic rings. The van der Waals surface area contributed by atoms with Crippen molar-refractivity contribution in [2.24, 2.45) is 0 Å². The van der Waals surface area contributed by atoms with Crippen LogP contribution < -0.4 is 5.32 Å². The molecule has 0 atom stereocenters. The third-order valence-electron chi connectivity index (χ3n) is 2.27. The lowest BCUT2D eigenvalue weighted by Crippen LogP contribution is -2.15. The molecule has 1 aromatic carbocycles. The fourth-order valence-corrected chi connectivity index (χ4v) is 1.80. The van der Waals surface area contributed by atoms with E-state index in [1.165, 1.54) is 12.1 Å². The Labute approximate surface area is 112 Å². The zero-order valence-corrected chi connectivity index (χ0v) is 10.9. The third-order valence-corrected chi connectivity index (χ3v) is 2.96. The van der Waals surface area contributed by atoms with Crippen LogP contribution in [0.25, 0.3) is 0 Å². The van der Waals surface area contributed by atoms with Crippen LogP contribution >= 0.6 is 15.9 Å². The fourth-order valence-electron chi connectivity index (χ4n) is 1.45. The molecule has 0 bridgehead atoms. The Morgan fingerprint density at radius 2 is 2.17 bits per heavy atom. The van der Waals surface area contributed by atoms with E-state index in [0.29, 0.717) is 15.9 Å². The van der Waals surface area contributed by atoms with Gasteiger partial charge >= 0.3 is 0 Å². The summed E-state index contributed by atoms with van der Waals surface area (Å²) in [4.78, 5) is 15.8. The van der Waals surface area contributed by atoms with Crippen LogP contribution in [0.15, 0.2) is 47.1 Å². The van der Waals surface area contributed by atoms with Gasteiger partial charge in [0.15, 0.2) is 0 Å². The lowest BCUT2D eigenvalue weighted by atomic mass is 10.2. The molecule has 1 heterocycles. The van der Waals surface area contributed by atoms with E-state index in [0.717, 1.165) is 0 Å². The number of rotatable bonds is 3. The van der Waals surface area contributed by atoms with E-state index in [2.05, 4.69) is 26.2 Å². The van der Waals surface area contributed by atoms with Crippen molar-refractivity contribution < 1.29 is 9.18 Å². The van der Waals surface area contributed by atoms with Gasteiger partial charge in [0.05, 0.1) is 12.1 Å². The van der Waals surface area contributed by atoms with Gasteiger partial charge < -0.3 is 5.32 Å². The Bertz CT molecular complexity index is 560. The van der Waals surface area contributed by atoms with Crippen molar-refractivity contribution in [3.05, 3.63) is 58.6 Å². The molecule has 0 spiro atoms. The topological polar surface area (TPSA) is 42.0 Å². The lowest BCUT2D eigenvalue weighted by molar-refractivity contribution is -0.115. The number of carbonyl (C=O) groups excluding carboxylic acids is 1. The minimum absolute atomic E-state index is 0.157. The van der Waals surface area contributed by atoms with E-state index < -0.39 is 5.82 Å². The maximum atomic E-state index is 13.0. The van der Waals surface area contributed by atoms with Crippen LogP contribution in [0.3, 0.4) is 0 Å². The number of nitrogens with one attached hydrogen (secondary N) is 1. The van der Waals surface area contributed by atoms with Crippen molar-refractivity contribution >= 4 is 27.5 Å². The summed E-state index contributed by atoms with van der Waals surface area (Å²) < 4.78 is 13.7. The average molecular weight is 309 g/mol. The summed E-state index contributed by atoms with van der Waals surface area (Å²) in [6.45, 7) is 0. The molecule has 5 heteroatoms. The first-order chi connectivity index (χ1) is 8.65. The quantitative estimate of drug-likeness (QED) is 0.946. The normalized spacial score (nSPS) is 10.1. The highest BCUT2D eigenvalue weighted by Crippen LogP contribution is 2.23. The predicted octanol–water partition coefficient (Wildman–Crippen LogP) is 3.16. The molecule has 0 aliphatic carbocycles. The van der Waals surface area contributed by atoms with E-state index >= 15 is 0 Å². The number of hydrogen-bond acceptors (Lipinski definition) is 2. The molecule has 0 unspecified atom stereocenters. The zero-order valence-electron chi connectivity index (χ0n) is 9.36. The molecule has 2 rings (SSSR count). The van der Waals surface area contributed by atoms with Crippen LogP contribution in [-0.2, 0) is 11.2 Å². The van der Waals surface area contributed by atoms with Crippen LogP contribution in [0, 0.1) is 5.82 Å². The molecule has 0 aliphatic heterocycles. The molecule has 3 nitrogen and oxygen atoms in total. The Morgan fingerprint density at radius 1 is 1.33 bits per heavy atom. The Balaban J connectivity index is 2.05. The molecule has 0 saturated heterocycles. The molecule has 0 radical (unpaired) electrons. The largest absolute Gasteiger partial charge is 0.325 e. The fraction of sp³-hybridized carbons (Fsp3) is 0.0769. The van der Waals surface area contributed by atoms with Crippen LogP contribution in [0.4, 0.5) is 10.1 Å². The summed E-state index contributed by atoms with van der Waals surface area (Å²) in [7, 11) is 0. The first-order valence-corrected chi connectivity index (χ1v) is 6.09. The molecule has 1 aromatic heterocycles. The smallest absolute Gasteiger partial charge is 0.230 e. The monoisotopic (exact) mass is 308 g/mol. The molecular formula is C13H10BrFN2O. The number of amides is 1. The molecule has 92 valence electrons. The number of halogens is 2. The van der Waals surface area contributed by atoms with Crippen molar-refractivity contribution in [3.63, 3.8) is 0 Å². The zero-order chi connectivity index (χ0) is 13.0. The van der Waals surface area contributed by atoms with E-state index in [9.17, 15) is 9.18 Å². The summed E-state index contributed by atoms with van der Waals surface area (Å²) in [5, 5.41) is 2.63. The minimum atomic E-state index is -0.397. The van der Waals surface area contributed by atoms with Gasteiger partial charge in [-0.1, -0.05) is 6.07 Å². The second kappa shape index (κ2) is 5.73. The number of aromatic nitrogens is 1. The second-order valence-corrected chi connectivity index (χ2v) is 4.52. The summed E-state index contributed by atoms with van der Waals surface area (Å²) in [6, 6.07) is 9.49. The maximum Gasteiger partial charge on any atom is 0.230 e.